The maximum atomic E-state index is 14.6. The highest BCUT2D eigenvalue weighted by Crippen LogP contribution is 2.57. The number of aromatic nitrogens is 3. The van der Waals surface area contributed by atoms with E-state index in [1.165, 1.54) is 12.1 Å². The molecular weight excluding hydrogens is 536 g/mol. The second-order valence-corrected chi connectivity index (χ2v) is 11.6. The minimum Gasteiger partial charge on any atom is -0.368 e. The molecule has 0 atom stereocenters. The Bertz CT molecular complexity index is 1440. The van der Waals surface area contributed by atoms with Crippen molar-refractivity contribution in [3.05, 3.63) is 70.0 Å². The monoisotopic (exact) mass is 562 g/mol. The van der Waals surface area contributed by atoms with E-state index in [2.05, 4.69) is 14.8 Å². The fraction of sp³-hybridized carbons (Fsp3) is 0.444. The number of fused-ring (bicyclic) bond motifs is 3. The first-order chi connectivity index (χ1) is 18.4. The van der Waals surface area contributed by atoms with Gasteiger partial charge in [-0.3, -0.25) is 14.3 Å². The summed E-state index contributed by atoms with van der Waals surface area (Å²) in [6, 6.07) is 9.10. The van der Waals surface area contributed by atoms with Crippen molar-refractivity contribution in [3.8, 4) is 5.69 Å². The number of halogens is 5. The zero-order valence-corrected chi connectivity index (χ0v) is 22.2. The standard InChI is InChI=1S/C27H27ClF4N6O/c1-35(2)23(39)13-36-11-16-8-18(28)6-7-20(16)38-22(12-36)33-34-25(38)17-9-26(10-17)14-37(15-26)21-5-3-4-19(24(21)29)27(30,31)32/h3-8,17H,9-15H2,1-2H3. The Kier molecular flexibility index (Phi) is 6.14. The van der Waals surface area contributed by atoms with Crippen molar-refractivity contribution in [2.75, 3.05) is 38.6 Å². The van der Waals surface area contributed by atoms with Gasteiger partial charge in [-0.15, -0.1) is 10.2 Å². The van der Waals surface area contributed by atoms with E-state index in [1.807, 2.05) is 23.1 Å². The van der Waals surface area contributed by atoms with Crippen LogP contribution in [0.3, 0.4) is 0 Å². The molecule has 6 rings (SSSR count). The number of hydrogen-bond donors (Lipinski definition) is 0. The van der Waals surface area contributed by atoms with Crippen LogP contribution in [0, 0.1) is 11.2 Å². The van der Waals surface area contributed by atoms with Gasteiger partial charge in [-0.2, -0.15) is 13.2 Å². The fourth-order valence-electron chi connectivity index (χ4n) is 6.14. The number of benzene rings is 2. The quantitative estimate of drug-likeness (QED) is 0.425. The lowest BCUT2D eigenvalue weighted by atomic mass is 9.57. The van der Waals surface area contributed by atoms with Crippen LogP contribution in [0.2, 0.25) is 5.02 Å². The maximum Gasteiger partial charge on any atom is 0.419 e. The van der Waals surface area contributed by atoms with Gasteiger partial charge in [0.05, 0.1) is 30.0 Å². The molecule has 39 heavy (non-hydrogen) atoms. The second kappa shape index (κ2) is 9.19. The van der Waals surface area contributed by atoms with Gasteiger partial charge >= 0.3 is 6.18 Å². The van der Waals surface area contributed by atoms with E-state index in [9.17, 15) is 22.4 Å². The van der Waals surface area contributed by atoms with Crippen molar-refractivity contribution in [1.82, 2.24) is 24.6 Å². The molecule has 0 unspecified atom stereocenters. The topological polar surface area (TPSA) is 57.5 Å². The van der Waals surface area contributed by atoms with Gasteiger partial charge in [0.25, 0.3) is 0 Å². The molecule has 3 heterocycles. The van der Waals surface area contributed by atoms with Crippen molar-refractivity contribution in [2.45, 2.75) is 38.0 Å². The average Bonchev–Trinajstić information content (AvgIpc) is 3.13. The third kappa shape index (κ3) is 4.55. The Morgan fingerprint density at radius 1 is 1.10 bits per heavy atom. The molecule has 2 aliphatic heterocycles. The number of likely N-dealkylation sites (N-methyl/N-ethyl adjacent to an activating group) is 1. The van der Waals surface area contributed by atoms with E-state index in [0.717, 1.165) is 41.8 Å². The molecule has 1 aromatic heterocycles. The van der Waals surface area contributed by atoms with E-state index in [4.69, 9.17) is 11.6 Å². The number of hydrogen-bond acceptors (Lipinski definition) is 5. The van der Waals surface area contributed by atoms with E-state index < -0.39 is 17.6 Å². The lowest BCUT2D eigenvalue weighted by molar-refractivity contribution is -0.140. The van der Waals surface area contributed by atoms with Gasteiger partial charge in [0.1, 0.15) is 5.82 Å². The molecule has 2 fully saturated rings. The number of carbonyl (C=O) groups is 1. The molecule has 206 valence electrons. The van der Waals surface area contributed by atoms with Gasteiger partial charge in [-0.1, -0.05) is 17.7 Å². The molecule has 1 saturated heterocycles. The van der Waals surface area contributed by atoms with Gasteiger partial charge in [0.2, 0.25) is 5.91 Å². The lowest BCUT2D eigenvalue weighted by Gasteiger charge is -2.59. The van der Waals surface area contributed by atoms with Crippen LogP contribution in [0.4, 0.5) is 23.2 Å². The number of alkyl halides is 3. The van der Waals surface area contributed by atoms with E-state index in [-0.39, 0.29) is 29.5 Å². The number of anilines is 1. The van der Waals surface area contributed by atoms with E-state index in [0.29, 0.717) is 31.2 Å². The molecule has 1 saturated carbocycles. The molecule has 3 aliphatic rings. The number of rotatable bonds is 4. The van der Waals surface area contributed by atoms with Crippen LogP contribution >= 0.6 is 11.6 Å². The molecule has 1 amide bonds. The molecule has 2 aromatic carbocycles. The largest absolute Gasteiger partial charge is 0.419 e. The molecule has 0 bridgehead atoms. The summed E-state index contributed by atoms with van der Waals surface area (Å²) in [5.74, 6) is 0.437. The maximum absolute atomic E-state index is 14.6. The van der Waals surface area contributed by atoms with E-state index in [1.54, 1.807) is 23.9 Å². The normalized spacial score (nSPS) is 18.7. The predicted molar refractivity (Wildman–Crippen MR) is 137 cm³/mol. The third-order valence-corrected chi connectivity index (χ3v) is 8.29. The number of amides is 1. The first-order valence-corrected chi connectivity index (χ1v) is 13.1. The number of nitrogens with zero attached hydrogens (tertiary/aromatic N) is 6. The van der Waals surface area contributed by atoms with Gasteiger partial charge in [-0.25, -0.2) is 4.39 Å². The zero-order chi connectivity index (χ0) is 27.7. The van der Waals surface area contributed by atoms with Gasteiger partial charge in [0.15, 0.2) is 11.6 Å². The summed E-state index contributed by atoms with van der Waals surface area (Å²) in [7, 11) is 3.45. The summed E-state index contributed by atoms with van der Waals surface area (Å²) in [5, 5.41) is 9.63. The first-order valence-electron chi connectivity index (χ1n) is 12.7. The Morgan fingerprint density at radius 3 is 2.54 bits per heavy atom. The van der Waals surface area contributed by atoms with Crippen LogP contribution in [0.1, 0.15) is 41.5 Å². The first kappa shape index (κ1) is 26.1. The predicted octanol–water partition coefficient (Wildman–Crippen LogP) is 4.87. The Hall–Kier alpha value is -3.18. The molecule has 1 aliphatic carbocycles. The van der Waals surface area contributed by atoms with Crippen LogP contribution < -0.4 is 4.90 Å². The highest BCUT2D eigenvalue weighted by atomic mass is 35.5. The molecule has 0 N–H and O–H groups in total. The van der Waals surface area contributed by atoms with Crippen LogP contribution in [0.5, 0.6) is 0 Å². The van der Waals surface area contributed by atoms with Crippen molar-refractivity contribution >= 4 is 23.2 Å². The van der Waals surface area contributed by atoms with Crippen molar-refractivity contribution < 1.29 is 22.4 Å². The highest BCUT2D eigenvalue weighted by molar-refractivity contribution is 6.30. The Morgan fingerprint density at radius 2 is 1.85 bits per heavy atom. The molecular formula is C27H27ClF4N6O. The third-order valence-electron chi connectivity index (χ3n) is 8.06. The summed E-state index contributed by atoms with van der Waals surface area (Å²) < 4.78 is 56.2. The van der Waals surface area contributed by atoms with Gasteiger partial charge in [-0.05, 0) is 48.7 Å². The minimum atomic E-state index is -4.73. The van der Waals surface area contributed by atoms with Crippen molar-refractivity contribution in [1.29, 1.82) is 0 Å². The van der Waals surface area contributed by atoms with Gasteiger partial charge in [0, 0.05) is 50.1 Å². The molecule has 3 aromatic rings. The Labute approximate surface area is 228 Å². The van der Waals surface area contributed by atoms with Crippen LogP contribution in [-0.2, 0) is 24.1 Å². The smallest absolute Gasteiger partial charge is 0.368 e. The Balaban J connectivity index is 1.21. The van der Waals surface area contributed by atoms with Gasteiger partial charge < -0.3 is 9.80 Å². The minimum absolute atomic E-state index is 0.00610. The molecule has 1 spiro atoms. The summed E-state index contributed by atoms with van der Waals surface area (Å²) >= 11 is 6.32. The summed E-state index contributed by atoms with van der Waals surface area (Å²) in [6.07, 6.45) is -3.16. The molecule has 7 nitrogen and oxygen atoms in total. The SMILES string of the molecule is CN(C)C(=O)CN1Cc2cc(Cl)ccc2-n2c(nnc2C2CC3(C2)CN(c2cccc(C(F)(F)F)c2F)C3)C1. The summed E-state index contributed by atoms with van der Waals surface area (Å²) in [6.45, 7) is 2.20. The second-order valence-electron chi connectivity index (χ2n) is 11.1. The molecule has 0 radical (unpaired) electrons. The zero-order valence-electron chi connectivity index (χ0n) is 21.5. The fourth-order valence-corrected chi connectivity index (χ4v) is 6.34. The number of carbonyl (C=O) groups excluding carboxylic acids is 1. The summed E-state index contributed by atoms with van der Waals surface area (Å²) in [4.78, 5) is 17.7. The van der Waals surface area contributed by atoms with Crippen LogP contribution in [-0.4, -0.2) is 64.2 Å². The van der Waals surface area contributed by atoms with Crippen LogP contribution in [0.15, 0.2) is 36.4 Å². The highest BCUT2D eigenvalue weighted by Gasteiger charge is 2.55. The molecule has 12 heteroatoms. The average molecular weight is 563 g/mol. The lowest BCUT2D eigenvalue weighted by Crippen LogP contribution is -2.62. The summed E-state index contributed by atoms with van der Waals surface area (Å²) in [5.41, 5.74) is 0.566. The van der Waals surface area contributed by atoms with Crippen LogP contribution in [0.25, 0.3) is 5.69 Å². The van der Waals surface area contributed by atoms with E-state index >= 15 is 0 Å². The van der Waals surface area contributed by atoms with Crippen molar-refractivity contribution in [3.63, 3.8) is 0 Å². The van der Waals surface area contributed by atoms with Crippen molar-refractivity contribution in [2.24, 2.45) is 5.41 Å².